The summed E-state index contributed by atoms with van der Waals surface area (Å²) in [5.41, 5.74) is -2.71. The highest BCUT2D eigenvalue weighted by molar-refractivity contribution is 6.31. The van der Waals surface area contributed by atoms with Crippen molar-refractivity contribution in [2.24, 2.45) is 0 Å². The predicted octanol–water partition coefficient (Wildman–Crippen LogP) is 0.874. The zero-order valence-electron chi connectivity index (χ0n) is 22.2. The average molecular weight is 542 g/mol. The van der Waals surface area contributed by atoms with Gasteiger partial charge in [-0.25, -0.2) is 0 Å². The summed E-state index contributed by atoms with van der Waals surface area (Å²) in [7, 11) is 4.80. The fourth-order valence-electron chi connectivity index (χ4n) is 6.76. The van der Waals surface area contributed by atoms with Crippen molar-refractivity contribution in [2.45, 2.75) is 68.5 Å². The van der Waals surface area contributed by atoms with Crippen LogP contribution >= 0.6 is 0 Å². The van der Waals surface area contributed by atoms with Crippen LogP contribution in [0.3, 0.4) is 0 Å². The number of ketones is 2. The summed E-state index contributed by atoms with van der Waals surface area (Å²) < 4.78 is 17.4. The van der Waals surface area contributed by atoms with Crippen molar-refractivity contribution in [3.05, 3.63) is 51.1 Å². The zero-order chi connectivity index (χ0) is 28.3. The second kappa shape index (κ2) is 8.23. The standard InChI is InChI=1S/C28H31NO10/c1-27(36)8-10-6-11-16(21(32)15(10)14(9-27)37-5)22(33)17-13(30)7-12-24(18(17)20(11)31)38-26-23(34)19(29(3)4)25(35)28(12,2)39-26/h6-7,14,19,23,25-26,30,32,34-36H,8-9H2,1-5H3/t14-,19+,23-,25+,26+,27+,28-/m1/s1. The predicted molar refractivity (Wildman–Crippen MR) is 134 cm³/mol. The molecule has 2 bridgehead atoms. The van der Waals surface area contributed by atoms with Crippen LogP contribution in [0.4, 0.5) is 0 Å². The molecule has 1 fully saturated rings. The molecule has 11 nitrogen and oxygen atoms in total. The van der Waals surface area contributed by atoms with Crippen molar-refractivity contribution in [3.63, 3.8) is 0 Å². The first-order chi connectivity index (χ1) is 18.2. The molecule has 0 unspecified atom stereocenters. The third kappa shape index (κ3) is 3.38. The Kier molecular flexibility index (Phi) is 5.52. The average Bonchev–Trinajstić information content (AvgIpc) is 2.84. The Balaban J connectivity index is 1.58. The Morgan fingerprint density at radius 2 is 1.74 bits per heavy atom. The normalized spacial score (nSPS) is 34.6. The van der Waals surface area contributed by atoms with Gasteiger partial charge in [0.2, 0.25) is 12.1 Å². The van der Waals surface area contributed by atoms with Crippen LogP contribution in [0.2, 0.25) is 0 Å². The number of nitrogens with zero attached hydrogens (tertiary/aromatic N) is 1. The van der Waals surface area contributed by atoms with Gasteiger partial charge in [0, 0.05) is 36.6 Å². The van der Waals surface area contributed by atoms with E-state index in [9.17, 15) is 35.1 Å². The maximum Gasteiger partial charge on any atom is 0.228 e. The van der Waals surface area contributed by atoms with Crippen molar-refractivity contribution in [1.29, 1.82) is 0 Å². The third-order valence-corrected chi connectivity index (χ3v) is 8.66. The molecule has 0 spiro atoms. The molecule has 208 valence electrons. The molecule has 4 aliphatic rings. The first-order valence-corrected chi connectivity index (χ1v) is 12.7. The van der Waals surface area contributed by atoms with Crippen molar-refractivity contribution in [2.75, 3.05) is 21.2 Å². The number of carbonyl (C=O) groups excluding carboxylic acids is 2. The van der Waals surface area contributed by atoms with Gasteiger partial charge < -0.3 is 44.6 Å². The molecule has 0 amide bonds. The van der Waals surface area contributed by atoms with Crippen LogP contribution in [0.15, 0.2) is 12.1 Å². The molecule has 7 atom stereocenters. The lowest BCUT2D eigenvalue weighted by molar-refractivity contribution is -0.311. The number of likely N-dealkylation sites (N-methyl/N-ethyl adjacent to an activating group) is 1. The molecule has 0 aromatic heterocycles. The highest BCUT2D eigenvalue weighted by Crippen LogP contribution is 2.54. The molecule has 0 radical (unpaired) electrons. The molecule has 5 N–H and O–H groups in total. The number of fused-ring (bicyclic) bond motifs is 8. The number of aliphatic hydroxyl groups excluding tert-OH is 2. The van der Waals surface area contributed by atoms with Gasteiger partial charge in [-0.2, -0.15) is 0 Å². The molecule has 39 heavy (non-hydrogen) atoms. The summed E-state index contributed by atoms with van der Waals surface area (Å²) in [6.45, 7) is 3.19. The summed E-state index contributed by atoms with van der Waals surface area (Å²) in [5, 5.41) is 55.4. The van der Waals surface area contributed by atoms with E-state index in [0.29, 0.717) is 11.1 Å². The number of hydrogen-bond acceptors (Lipinski definition) is 11. The second-order valence-electron chi connectivity index (χ2n) is 11.6. The molecule has 2 aliphatic carbocycles. The SMILES string of the molecule is CO[C@@H]1C[C@@](C)(O)Cc2cc3c(c(O)c21)C(=O)c1c(O)cc2c(c1C3=O)O[C@H]1O[C@@]2(C)[C@@H](O)[C@@H](N(C)C)[C@H]1O. The maximum atomic E-state index is 14.1. The van der Waals surface area contributed by atoms with E-state index in [4.69, 9.17) is 14.2 Å². The number of phenolic OH excluding ortho intramolecular Hbond substituents is 2. The van der Waals surface area contributed by atoms with Crippen LogP contribution < -0.4 is 4.74 Å². The smallest absolute Gasteiger partial charge is 0.228 e. The van der Waals surface area contributed by atoms with Gasteiger partial charge in [0.05, 0.1) is 34.4 Å². The van der Waals surface area contributed by atoms with Gasteiger partial charge in [-0.05, 0) is 45.6 Å². The first-order valence-electron chi connectivity index (χ1n) is 12.7. The van der Waals surface area contributed by atoms with Gasteiger partial charge >= 0.3 is 0 Å². The van der Waals surface area contributed by atoms with E-state index in [1.165, 1.54) is 19.2 Å². The van der Waals surface area contributed by atoms with Gasteiger partial charge in [0.25, 0.3) is 0 Å². The van der Waals surface area contributed by atoms with E-state index in [1.54, 1.807) is 32.8 Å². The van der Waals surface area contributed by atoms with Crippen LogP contribution in [-0.4, -0.2) is 93.3 Å². The van der Waals surface area contributed by atoms with Crippen molar-refractivity contribution in [3.8, 4) is 17.2 Å². The molecule has 2 aromatic rings. The van der Waals surface area contributed by atoms with E-state index in [-0.39, 0.29) is 46.4 Å². The number of phenols is 2. The topological polar surface area (TPSA) is 166 Å². The molecular formula is C28H31NO10. The van der Waals surface area contributed by atoms with Gasteiger partial charge in [-0.3, -0.25) is 9.59 Å². The number of methoxy groups -OCH3 is 1. The lowest BCUT2D eigenvalue weighted by atomic mass is 9.72. The van der Waals surface area contributed by atoms with Crippen LogP contribution in [0.5, 0.6) is 17.2 Å². The quantitative estimate of drug-likeness (QED) is 0.312. The summed E-state index contributed by atoms with van der Waals surface area (Å²) in [4.78, 5) is 29.5. The van der Waals surface area contributed by atoms with Crippen LogP contribution in [0, 0.1) is 0 Å². The summed E-state index contributed by atoms with van der Waals surface area (Å²) in [6.07, 6.45) is -4.29. The number of aliphatic hydroxyl groups is 3. The minimum Gasteiger partial charge on any atom is -0.507 e. The van der Waals surface area contributed by atoms with Gasteiger partial charge in [-0.1, -0.05) is 0 Å². The Morgan fingerprint density at radius 3 is 2.38 bits per heavy atom. The second-order valence-corrected chi connectivity index (χ2v) is 11.6. The van der Waals surface area contributed by atoms with Crippen molar-refractivity contribution >= 4 is 11.6 Å². The summed E-state index contributed by atoms with van der Waals surface area (Å²) in [5.74, 6) is -2.54. The largest absolute Gasteiger partial charge is 0.507 e. The number of aromatic hydroxyl groups is 2. The molecule has 2 aliphatic heterocycles. The molecule has 6 rings (SSSR count). The molecule has 1 saturated heterocycles. The number of hydrogen-bond donors (Lipinski definition) is 5. The van der Waals surface area contributed by atoms with E-state index >= 15 is 0 Å². The Hall–Kier alpha value is -3.06. The van der Waals surface area contributed by atoms with Crippen LogP contribution in [0.25, 0.3) is 0 Å². The maximum absolute atomic E-state index is 14.1. The van der Waals surface area contributed by atoms with E-state index in [0.717, 1.165) is 0 Å². The monoisotopic (exact) mass is 541 g/mol. The van der Waals surface area contributed by atoms with Crippen LogP contribution in [-0.2, 0) is 21.5 Å². The van der Waals surface area contributed by atoms with Gasteiger partial charge in [-0.15, -0.1) is 0 Å². The zero-order valence-corrected chi connectivity index (χ0v) is 22.2. The number of rotatable bonds is 2. The van der Waals surface area contributed by atoms with Crippen molar-refractivity contribution < 1.29 is 49.3 Å². The molecule has 11 heteroatoms. The van der Waals surface area contributed by atoms with E-state index in [1.807, 2.05) is 0 Å². The van der Waals surface area contributed by atoms with Crippen molar-refractivity contribution in [1.82, 2.24) is 4.90 Å². The summed E-state index contributed by atoms with van der Waals surface area (Å²) in [6, 6.07) is 1.90. The highest BCUT2D eigenvalue weighted by atomic mass is 16.7. The molecule has 0 saturated carbocycles. The van der Waals surface area contributed by atoms with E-state index in [2.05, 4.69) is 0 Å². The fourth-order valence-corrected chi connectivity index (χ4v) is 6.76. The minimum absolute atomic E-state index is 0.0835. The lowest BCUT2D eigenvalue weighted by Crippen LogP contribution is -2.68. The first kappa shape index (κ1) is 26.2. The Bertz CT molecular complexity index is 1450. The highest BCUT2D eigenvalue weighted by Gasteiger charge is 2.59. The Morgan fingerprint density at radius 1 is 1.05 bits per heavy atom. The Labute approximate surface area is 224 Å². The van der Waals surface area contributed by atoms with Crippen LogP contribution in [0.1, 0.15) is 74.9 Å². The fraction of sp³-hybridized carbons (Fsp3) is 0.500. The van der Waals surface area contributed by atoms with Gasteiger partial charge in [0.1, 0.15) is 35.1 Å². The lowest BCUT2D eigenvalue weighted by Gasteiger charge is -2.53. The summed E-state index contributed by atoms with van der Waals surface area (Å²) >= 11 is 0. The number of carbonyl (C=O) groups is 2. The number of ether oxygens (including phenoxy) is 3. The minimum atomic E-state index is -1.50. The molecular weight excluding hydrogens is 510 g/mol. The van der Waals surface area contributed by atoms with E-state index < -0.39 is 64.9 Å². The molecule has 2 aromatic carbocycles. The molecule has 2 heterocycles. The third-order valence-electron chi connectivity index (χ3n) is 8.66. The van der Waals surface area contributed by atoms with Gasteiger partial charge in [0.15, 0.2) is 5.78 Å². The number of benzene rings is 2.